The van der Waals surface area contributed by atoms with Gasteiger partial charge in [0.25, 0.3) is 6.43 Å². The van der Waals surface area contributed by atoms with E-state index in [0.717, 1.165) is 6.07 Å². The van der Waals surface area contributed by atoms with Crippen LogP contribution in [0, 0.1) is 7.40 Å². The number of primary sulfonamides is 1. The molecule has 1 heterocycles. The highest BCUT2D eigenvalue weighted by Crippen LogP contribution is 2.27. The molecule has 0 radical (unpaired) electrons. The zero-order chi connectivity index (χ0) is 11.8. The van der Waals surface area contributed by atoms with Gasteiger partial charge in [0.2, 0.25) is 10.0 Å². The van der Waals surface area contributed by atoms with Gasteiger partial charge in [-0.3, -0.25) is 0 Å². The van der Waals surface area contributed by atoms with Crippen LogP contribution in [0.25, 0.3) is 0 Å². The molecule has 0 bridgehead atoms. The quantitative estimate of drug-likeness (QED) is 0.542. The van der Waals surface area contributed by atoms with Crippen LogP contribution in [0.15, 0.2) is 11.0 Å². The monoisotopic (exact) mass is 460 g/mol. The summed E-state index contributed by atoms with van der Waals surface area (Å²) in [5.41, 5.74) is -0.431. The second kappa shape index (κ2) is 4.71. The van der Waals surface area contributed by atoms with Crippen molar-refractivity contribution in [3.63, 3.8) is 0 Å². The SMILES string of the molecule is NS(=O)(=O)c1cc(C(F)F)c(I)nc1I. The van der Waals surface area contributed by atoms with Gasteiger partial charge in [-0.2, -0.15) is 0 Å². The van der Waals surface area contributed by atoms with Gasteiger partial charge in [-0.05, 0) is 51.2 Å². The van der Waals surface area contributed by atoms with Gasteiger partial charge in [-0.15, -0.1) is 0 Å². The predicted molar refractivity (Wildman–Crippen MR) is 66.0 cm³/mol. The third-order valence-corrected chi connectivity index (χ3v) is 4.44. The molecule has 0 amide bonds. The van der Waals surface area contributed by atoms with Crippen LogP contribution in [0.5, 0.6) is 0 Å². The summed E-state index contributed by atoms with van der Waals surface area (Å²) in [6, 6.07) is 0.858. The van der Waals surface area contributed by atoms with E-state index in [0.29, 0.717) is 0 Å². The molecule has 0 unspecified atom stereocenters. The molecule has 0 aliphatic carbocycles. The van der Waals surface area contributed by atoms with Crippen molar-refractivity contribution in [2.75, 3.05) is 0 Å². The molecule has 9 heteroatoms. The molecule has 1 aromatic heterocycles. The number of halogens is 4. The van der Waals surface area contributed by atoms with Crippen LogP contribution in [0.2, 0.25) is 0 Å². The van der Waals surface area contributed by atoms with Crippen molar-refractivity contribution >= 4 is 55.2 Å². The van der Waals surface area contributed by atoms with Crippen molar-refractivity contribution in [2.24, 2.45) is 5.14 Å². The van der Waals surface area contributed by atoms with Crippen LogP contribution in [0.1, 0.15) is 12.0 Å². The highest BCUT2D eigenvalue weighted by molar-refractivity contribution is 14.1. The molecule has 4 nitrogen and oxygen atoms in total. The number of nitrogens with two attached hydrogens (primary N) is 1. The van der Waals surface area contributed by atoms with Crippen molar-refractivity contribution in [2.45, 2.75) is 11.3 Å². The average molecular weight is 460 g/mol. The Morgan fingerprint density at radius 3 is 2.27 bits per heavy atom. The molecule has 15 heavy (non-hydrogen) atoms. The van der Waals surface area contributed by atoms with Crippen LogP contribution in [0.3, 0.4) is 0 Å². The fourth-order valence-electron chi connectivity index (χ4n) is 0.819. The van der Waals surface area contributed by atoms with Crippen LogP contribution in [-0.4, -0.2) is 13.4 Å². The van der Waals surface area contributed by atoms with Gasteiger partial charge in [0.05, 0.1) is 5.56 Å². The maximum Gasteiger partial charge on any atom is 0.266 e. The first kappa shape index (κ1) is 13.4. The Balaban J connectivity index is 3.50. The molecule has 0 atom stereocenters. The van der Waals surface area contributed by atoms with E-state index in [9.17, 15) is 17.2 Å². The van der Waals surface area contributed by atoms with E-state index >= 15 is 0 Å². The second-order valence-corrected chi connectivity index (χ2v) is 6.08. The van der Waals surface area contributed by atoms with Crippen molar-refractivity contribution in [1.29, 1.82) is 0 Å². The van der Waals surface area contributed by atoms with Crippen molar-refractivity contribution < 1.29 is 17.2 Å². The lowest BCUT2D eigenvalue weighted by Gasteiger charge is -2.06. The molecule has 2 N–H and O–H groups in total. The first-order valence-electron chi connectivity index (χ1n) is 3.40. The molecule has 1 rings (SSSR count). The summed E-state index contributed by atoms with van der Waals surface area (Å²) >= 11 is 3.25. The maximum absolute atomic E-state index is 12.4. The van der Waals surface area contributed by atoms with Crippen LogP contribution >= 0.6 is 45.2 Å². The third-order valence-electron chi connectivity index (χ3n) is 1.47. The highest BCUT2D eigenvalue weighted by Gasteiger charge is 2.21. The molecule has 0 aromatic carbocycles. The first-order chi connectivity index (χ1) is 6.73. The fourth-order valence-corrected chi connectivity index (χ4v) is 3.80. The predicted octanol–water partition coefficient (Wildman–Crippen LogP) is 1.88. The summed E-state index contributed by atoms with van der Waals surface area (Å²) in [5, 5.41) is 4.86. The molecule has 84 valence electrons. The second-order valence-electron chi connectivity index (χ2n) is 2.50. The summed E-state index contributed by atoms with van der Waals surface area (Å²) in [6.07, 6.45) is -2.78. The van der Waals surface area contributed by atoms with E-state index < -0.39 is 22.0 Å². The number of pyridine rings is 1. The number of nitrogens with zero attached hydrogens (tertiary/aromatic N) is 1. The molecule has 1 aromatic rings. The molecule has 0 saturated heterocycles. The molecule has 0 fully saturated rings. The molecule has 0 aliphatic rings. The van der Waals surface area contributed by atoms with Crippen LogP contribution in [-0.2, 0) is 10.0 Å². The van der Waals surface area contributed by atoms with Crippen LogP contribution < -0.4 is 5.14 Å². The lowest BCUT2D eigenvalue weighted by molar-refractivity contribution is 0.149. The number of alkyl halides is 2. The smallest absolute Gasteiger partial charge is 0.234 e. The Hall–Kier alpha value is 0.380. The standard InChI is InChI=1S/C6H4F2I2N2O2S/c7-4(8)2-1-3(15(11,13)14)6(10)12-5(2)9/h1,4H,(H2,11,13,14). The lowest BCUT2D eigenvalue weighted by atomic mass is 10.3. The summed E-state index contributed by atoms with van der Waals surface area (Å²) in [5.74, 6) is 0. The molecular formula is C6H4F2I2N2O2S. The van der Waals surface area contributed by atoms with E-state index in [1.807, 2.05) is 0 Å². The van der Waals surface area contributed by atoms with E-state index in [4.69, 9.17) is 5.14 Å². The Kier molecular flexibility index (Phi) is 4.22. The van der Waals surface area contributed by atoms with Gasteiger partial charge in [-0.1, -0.05) is 0 Å². The lowest BCUT2D eigenvalue weighted by Crippen LogP contribution is -2.15. The first-order valence-corrected chi connectivity index (χ1v) is 7.10. The maximum atomic E-state index is 12.4. The topological polar surface area (TPSA) is 73.1 Å². The Bertz CT molecular complexity index is 492. The number of rotatable bonds is 2. The molecular weight excluding hydrogens is 456 g/mol. The van der Waals surface area contributed by atoms with Crippen LogP contribution in [0.4, 0.5) is 8.78 Å². The van der Waals surface area contributed by atoms with E-state index in [1.54, 1.807) is 45.2 Å². The van der Waals surface area contributed by atoms with Gasteiger partial charge in [0.15, 0.2) is 0 Å². The highest BCUT2D eigenvalue weighted by atomic mass is 127. The van der Waals surface area contributed by atoms with Crippen molar-refractivity contribution in [1.82, 2.24) is 4.98 Å². The zero-order valence-electron chi connectivity index (χ0n) is 6.92. The zero-order valence-corrected chi connectivity index (χ0v) is 12.0. The minimum atomic E-state index is -4.01. The number of aromatic nitrogens is 1. The van der Waals surface area contributed by atoms with Gasteiger partial charge in [0.1, 0.15) is 12.3 Å². The third kappa shape index (κ3) is 3.17. The molecule has 0 saturated carbocycles. The molecule has 0 spiro atoms. The Morgan fingerprint density at radius 1 is 1.33 bits per heavy atom. The van der Waals surface area contributed by atoms with Gasteiger partial charge in [-0.25, -0.2) is 27.3 Å². The van der Waals surface area contributed by atoms with E-state index in [1.165, 1.54) is 0 Å². The molecule has 0 aliphatic heterocycles. The van der Waals surface area contributed by atoms with E-state index in [-0.39, 0.29) is 12.3 Å². The Labute approximate surface area is 112 Å². The van der Waals surface area contributed by atoms with Crippen molar-refractivity contribution in [3.8, 4) is 0 Å². The minimum absolute atomic E-state index is 0.0689. The van der Waals surface area contributed by atoms with Gasteiger partial charge >= 0.3 is 0 Å². The fraction of sp³-hybridized carbons (Fsp3) is 0.167. The normalized spacial score (nSPS) is 12.1. The number of hydrogen-bond acceptors (Lipinski definition) is 3. The van der Waals surface area contributed by atoms with E-state index in [2.05, 4.69) is 4.98 Å². The summed E-state index contributed by atoms with van der Waals surface area (Å²) in [4.78, 5) is 3.32. The summed E-state index contributed by atoms with van der Waals surface area (Å²) < 4.78 is 47.1. The van der Waals surface area contributed by atoms with Gasteiger partial charge in [0, 0.05) is 0 Å². The minimum Gasteiger partial charge on any atom is -0.234 e. The summed E-state index contributed by atoms with van der Waals surface area (Å²) in [6.45, 7) is 0. The average Bonchev–Trinajstić information content (AvgIpc) is 2.00. The number of sulfonamides is 1. The summed E-state index contributed by atoms with van der Waals surface area (Å²) in [7, 11) is -4.01. The van der Waals surface area contributed by atoms with Crippen molar-refractivity contribution in [3.05, 3.63) is 19.0 Å². The largest absolute Gasteiger partial charge is 0.266 e. The van der Waals surface area contributed by atoms with Gasteiger partial charge < -0.3 is 0 Å². The number of hydrogen-bond donors (Lipinski definition) is 1. The Morgan fingerprint density at radius 2 is 1.87 bits per heavy atom.